The van der Waals surface area contributed by atoms with Crippen molar-refractivity contribution in [3.63, 3.8) is 0 Å². The maximum atomic E-state index is 15.4. The molecule has 2 aliphatic rings. The van der Waals surface area contributed by atoms with Gasteiger partial charge in [0.25, 0.3) is 0 Å². The Hall–Kier alpha value is -4.23. The average Bonchev–Trinajstić information content (AvgIpc) is 3.27. The molecule has 1 saturated heterocycles. The summed E-state index contributed by atoms with van der Waals surface area (Å²) in [6.07, 6.45) is -15.4. The van der Waals surface area contributed by atoms with E-state index in [2.05, 4.69) is 4.74 Å². The molecule has 1 fully saturated rings. The minimum atomic E-state index is -4.67. The number of piperidine rings is 1. The lowest BCUT2D eigenvalue weighted by atomic mass is 9.99. The van der Waals surface area contributed by atoms with Crippen LogP contribution in [0.5, 0.6) is 0 Å². The number of anilines is 1. The van der Waals surface area contributed by atoms with Crippen LogP contribution in [-0.2, 0) is 28.0 Å². The fraction of sp³-hybridized carbons (Fsp3) is 0.341. The molecule has 2 aliphatic heterocycles. The van der Waals surface area contributed by atoms with Crippen molar-refractivity contribution in [1.82, 2.24) is 9.80 Å². The first-order valence-corrected chi connectivity index (χ1v) is 16.7. The Balaban J connectivity index is 1.57. The summed E-state index contributed by atoms with van der Waals surface area (Å²) in [5, 5.41) is 11.0. The maximum absolute atomic E-state index is 15.4. The van der Waals surface area contributed by atoms with Gasteiger partial charge in [-0.3, -0.25) is 4.79 Å². The van der Waals surface area contributed by atoms with Gasteiger partial charge in [-0.25, -0.2) is 8.78 Å². The molecule has 2 heterocycles. The van der Waals surface area contributed by atoms with E-state index in [9.17, 15) is 33.9 Å². The Morgan fingerprint density at radius 2 is 1.75 bits per heavy atom. The number of carbonyl (C=O) groups is 1. The van der Waals surface area contributed by atoms with Crippen LogP contribution in [0.15, 0.2) is 95.9 Å². The van der Waals surface area contributed by atoms with Gasteiger partial charge in [0.2, 0.25) is 5.91 Å². The molecule has 1 unspecified atom stereocenters. The highest BCUT2D eigenvalue weighted by Gasteiger charge is 2.33. The highest BCUT2D eigenvalue weighted by Crippen LogP contribution is 2.41. The van der Waals surface area contributed by atoms with Gasteiger partial charge in [0.15, 0.2) is 11.6 Å². The van der Waals surface area contributed by atoms with Crippen LogP contribution in [0.3, 0.4) is 0 Å². The molecule has 6 nitrogen and oxygen atoms in total. The van der Waals surface area contributed by atoms with Crippen molar-refractivity contribution < 1.29 is 59.9 Å². The molecular formula is C41H42F5N3O3S. The number of aliphatic hydroxyl groups is 1. The number of likely N-dealkylation sites (tertiary alicyclic amines) is 1. The summed E-state index contributed by atoms with van der Waals surface area (Å²) in [7, 11) is 0.612. The normalized spacial score (nSPS) is 26.5. The summed E-state index contributed by atoms with van der Waals surface area (Å²) in [5.41, 5.74) is -2.18. The van der Waals surface area contributed by atoms with Crippen molar-refractivity contribution in [2.24, 2.45) is 0 Å². The van der Waals surface area contributed by atoms with Crippen LogP contribution in [-0.4, -0.2) is 66.5 Å². The van der Waals surface area contributed by atoms with Crippen LogP contribution >= 0.6 is 11.8 Å². The average molecular weight is 769 g/mol. The molecule has 4 aromatic carbocycles. The molecule has 0 bridgehead atoms. The predicted molar refractivity (Wildman–Crippen MR) is 198 cm³/mol. The molecule has 0 spiro atoms. The summed E-state index contributed by atoms with van der Waals surface area (Å²) in [6.45, 7) is -17.7. The van der Waals surface area contributed by atoms with Crippen molar-refractivity contribution in [3.05, 3.63) is 135 Å². The minimum absolute atomic E-state index is 0.0531. The van der Waals surface area contributed by atoms with Crippen LogP contribution in [0.25, 0.3) is 11.1 Å². The zero-order chi connectivity index (χ0) is 52.9. The number of nitrogens with zero attached hydrogens (tertiary/aromatic N) is 3. The van der Waals surface area contributed by atoms with Gasteiger partial charge < -0.3 is 24.5 Å². The summed E-state index contributed by atoms with van der Waals surface area (Å²) in [6, 6.07) is 5.04. The summed E-state index contributed by atoms with van der Waals surface area (Å²) >= 11 is 0.484. The Kier molecular flexibility index (Phi) is 7.06. The second-order valence-corrected chi connectivity index (χ2v) is 12.5. The first-order valence-electron chi connectivity index (χ1n) is 24.2. The number of ether oxygens (including phenoxy) is 1. The predicted octanol–water partition coefficient (Wildman–Crippen LogP) is 8.73. The topological polar surface area (TPSA) is 56.3 Å². The van der Waals surface area contributed by atoms with Gasteiger partial charge in [-0.2, -0.15) is 13.2 Å². The number of halogens is 5. The van der Waals surface area contributed by atoms with Crippen LogP contribution in [0, 0.1) is 18.6 Å². The van der Waals surface area contributed by atoms with E-state index in [1.54, 1.807) is 0 Å². The smallest absolute Gasteiger partial charge is 0.384 e. The second-order valence-electron chi connectivity index (χ2n) is 11.5. The molecule has 53 heavy (non-hydrogen) atoms. The van der Waals surface area contributed by atoms with Gasteiger partial charge >= 0.3 is 6.18 Å². The van der Waals surface area contributed by atoms with Gasteiger partial charge in [0.05, 0.1) is 26.7 Å². The quantitative estimate of drug-likeness (QED) is 0.146. The van der Waals surface area contributed by atoms with Gasteiger partial charge in [-0.05, 0) is 66.7 Å². The molecular weight excluding hydrogens is 710 g/mol. The van der Waals surface area contributed by atoms with Crippen molar-refractivity contribution in [3.8, 4) is 11.1 Å². The fourth-order valence-corrected chi connectivity index (χ4v) is 6.30. The second kappa shape index (κ2) is 16.8. The van der Waals surface area contributed by atoms with E-state index in [1.165, 1.54) is 31.2 Å². The number of carbonyl (C=O) groups excluding carboxylic acids is 1. The van der Waals surface area contributed by atoms with E-state index in [0.29, 0.717) is 18.9 Å². The molecule has 1 N–H and O–H groups in total. The molecule has 4 aromatic rings. The van der Waals surface area contributed by atoms with Crippen molar-refractivity contribution in [1.29, 1.82) is 0 Å². The number of aliphatic hydroxyl groups excluding tert-OH is 1. The Bertz CT molecular complexity index is 2700. The number of thioether (sulfide) groups is 1. The summed E-state index contributed by atoms with van der Waals surface area (Å²) in [5.74, 6) is -4.79. The number of fused-ring (bicyclic) bond motifs is 1. The third kappa shape index (κ3) is 9.29. The van der Waals surface area contributed by atoms with E-state index in [1.807, 2.05) is 0 Å². The number of rotatable bonds is 12. The van der Waals surface area contributed by atoms with Crippen LogP contribution < -0.4 is 4.90 Å². The van der Waals surface area contributed by atoms with E-state index in [4.69, 9.17) is 16.4 Å². The number of methoxy groups -OCH3 is 1. The monoisotopic (exact) mass is 768 g/mol. The number of amides is 1. The van der Waals surface area contributed by atoms with Gasteiger partial charge in [-0.15, -0.1) is 11.8 Å². The van der Waals surface area contributed by atoms with Gasteiger partial charge in [0, 0.05) is 75.4 Å². The van der Waals surface area contributed by atoms with Crippen LogP contribution in [0.2, 0.25) is 0 Å². The summed E-state index contributed by atoms with van der Waals surface area (Å²) in [4.78, 5) is 15.4. The lowest BCUT2D eigenvalue weighted by Crippen LogP contribution is -2.50. The Morgan fingerprint density at radius 1 is 1.08 bits per heavy atom. The highest BCUT2D eigenvalue weighted by atomic mass is 32.2. The van der Waals surface area contributed by atoms with Crippen molar-refractivity contribution in [2.45, 2.75) is 50.3 Å². The molecule has 0 aromatic heterocycles. The molecule has 12 heteroatoms. The first-order chi connectivity index (χ1) is 32.0. The van der Waals surface area contributed by atoms with Gasteiger partial charge in [0.1, 0.15) is 12.6 Å². The van der Waals surface area contributed by atoms with E-state index in [-0.39, 0.29) is 32.7 Å². The van der Waals surface area contributed by atoms with E-state index in [0.717, 1.165) is 47.4 Å². The Labute approximate surface area is 334 Å². The number of benzene rings is 4. The molecule has 1 amide bonds. The molecule has 1 atom stereocenters. The molecule has 0 saturated carbocycles. The maximum Gasteiger partial charge on any atom is 0.416 e. The van der Waals surface area contributed by atoms with Crippen molar-refractivity contribution in [2.75, 3.05) is 44.6 Å². The number of hydrogen-bond acceptors (Lipinski definition) is 6. The van der Waals surface area contributed by atoms with E-state index >= 15 is 4.79 Å². The minimum Gasteiger partial charge on any atom is -0.384 e. The van der Waals surface area contributed by atoms with Crippen LogP contribution in [0.1, 0.15) is 70.0 Å². The largest absolute Gasteiger partial charge is 0.416 e. The number of alkyl halides is 3. The molecule has 6 rings (SSSR count). The molecule has 0 aliphatic carbocycles. The standard InChI is InChI=1S/C41H42F5N3O3S/c1-27-6-15-36-34(22-27)37(50)23-39(53-26-31-4-3-5-35(42)40(31)43)49(36)25-38(51)48(33-16-18-47(19-17-33)20-21-52-2)24-28-7-9-29(10-8-28)30-11-13-32(14-12-30)41(44,45)46/h3-15,22-23,33,37,50H,16-21,24-26H2,1-2H3/i6D,15D,16D2,17D2,18D2,19D2,20D2,21D2,22D,23D,33D. The zero-order valence-corrected chi connectivity index (χ0v) is 28.8. The SMILES string of the molecule is [2H]C1=C(SCc2cccc(F)c2F)N(CC(=O)N(Cc2ccc(-c3ccc(C(F)(F)F)cc3)cc2)C2([2H])C([2H])([2H])C([2H])([2H])N(C([2H])([2H])C([2H])([2H])OC)C([2H])([2H])C2([2H])[2H])c2c([2H])c([2H])c(C)c([2H])c2C1O. The van der Waals surface area contributed by atoms with Gasteiger partial charge in [-0.1, -0.05) is 66.2 Å². The molecule has 0 radical (unpaired) electrons. The number of hydrogen-bond donors (Lipinski definition) is 1. The third-order valence-electron chi connectivity index (χ3n) is 7.93. The lowest BCUT2D eigenvalue weighted by molar-refractivity contribution is -0.137. The Morgan fingerprint density at radius 3 is 2.42 bits per heavy atom. The third-order valence-corrected chi connectivity index (χ3v) is 8.99. The van der Waals surface area contributed by atoms with Crippen LogP contribution in [0.4, 0.5) is 27.6 Å². The zero-order valence-electron chi connectivity index (χ0n) is 45.0. The highest BCUT2D eigenvalue weighted by molar-refractivity contribution is 8.02. The molecule has 280 valence electrons. The first kappa shape index (κ1) is 22.2. The summed E-state index contributed by atoms with van der Waals surface area (Å²) < 4.78 is 225. The van der Waals surface area contributed by atoms with Crippen molar-refractivity contribution >= 4 is 23.4 Å². The fourth-order valence-electron chi connectivity index (χ4n) is 5.28. The van der Waals surface area contributed by atoms with E-state index < -0.39 is 144 Å². The lowest BCUT2D eigenvalue weighted by Gasteiger charge is -2.40.